The molecule has 0 saturated carbocycles. The summed E-state index contributed by atoms with van der Waals surface area (Å²) in [5.74, 6) is 0.887. The first-order valence-electron chi connectivity index (χ1n) is 9.10. The number of sulfonamides is 1. The Labute approximate surface area is 160 Å². The highest BCUT2D eigenvalue weighted by Crippen LogP contribution is 2.29. The molecule has 2 aromatic rings. The van der Waals surface area contributed by atoms with Gasteiger partial charge in [0, 0.05) is 33.0 Å². The first-order valence-corrected chi connectivity index (χ1v) is 11.5. The van der Waals surface area contributed by atoms with Gasteiger partial charge in [-0.2, -0.15) is 0 Å². The zero-order chi connectivity index (χ0) is 18.7. The Morgan fingerprint density at radius 1 is 1.38 bits per heavy atom. The fourth-order valence-corrected chi connectivity index (χ4v) is 5.07. The Hall–Kier alpha value is -1.09. The van der Waals surface area contributed by atoms with Gasteiger partial charge in [-0.3, -0.25) is 0 Å². The Morgan fingerprint density at radius 2 is 2.19 bits per heavy atom. The van der Waals surface area contributed by atoms with E-state index in [0.717, 1.165) is 60.8 Å². The number of unbranched alkanes of at least 4 members (excludes halogenated alkanes) is 1. The second-order valence-electron chi connectivity index (χ2n) is 6.78. The van der Waals surface area contributed by atoms with Crippen LogP contribution in [0, 0.1) is 0 Å². The van der Waals surface area contributed by atoms with Crippen molar-refractivity contribution in [2.75, 3.05) is 26.5 Å². The standard InChI is InChI=1S/C18H27N3O3S2/c1-4-5-10-21-17-9-8-15(26(22,23)20(2)3)12-16(17)19-18(21)25-13-14-7-6-11-24-14/h8-9,12,14H,4-7,10-11,13H2,1-3H3. The average Bonchev–Trinajstić information content (AvgIpc) is 3.24. The van der Waals surface area contributed by atoms with Gasteiger partial charge in [0.1, 0.15) is 0 Å². The second-order valence-corrected chi connectivity index (χ2v) is 9.92. The van der Waals surface area contributed by atoms with Crippen molar-refractivity contribution < 1.29 is 13.2 Å². The largest absolute Gasteiger partial charge is 0.377 e. The van der Waals surface area contributed by atoms with Crippen molar-refractivity contribution in [3.63, 3.8) is 0 Å². The maximum absolute atomic E-state index is 12.4. The molecule has 26 heavy (non-hydrogen) atoms. The predicted molar refractivity (Wildman–Crippen MR) is 105 cm³/mol. The van der Waals surface area contributed by atoms with Gasteiger partial charge in [0.15, 0.2) is 5.16 Å². The quantitative estimate of drug-likeness (QED) is 0.639. The molecule has 1 fully saturated rings. The molecule has 1 saturated heterocycles. The zero-order valence-electron chi connectivity index (χ0n) is 15.6. The number of ether oxygens (including phenoxy) is 1. The van der Waals surface area contributed by atoms with Gasteiger partial charge in [-0.1, -0.05) is 25.1 Å². The normalized spacial score (nSPS) is 18.2. The molecular weight excluding hydrogens is 370 g/mol. The third-order valence-corrected chi connectivity index (χ3v) is 7.54. The molecule has 8 heteroatoms. The molecule has 2 heterocycles. The molecule has 1 aliphatic rings. The van der Waals surface area contributed by atoms with E-state index < -0.39 is 10.0 Å². The van der Waals surface area contributed by atoms with Crippen molar-refractivity contribution in [1.29, 1.82) is 0 Å². The topological polar surface area (TPSA) is 64.4 Å². The molecule has 1 unspecified atom stereocenters. The number of benzene rings is 1. The number of imidazole rings is 1. The number of hydrogen-bond acceptors (Lipinski definition) is 5. The van der Waals surface area contributed by atoms with Crippen molar-refractivity contribution in [3.05, 3.63) is 18.2 Å². The van der Waals surface area contributed by atoms with Crippen LogP contribution in [0.15, 0.2) is 28.3 Å². The Balaban J connectivity index is 1.94. The second kappa shape index (κ2) is 8.29. The van der Waals surface area contributed by atoms with Crippen molar-refractivity contribution in [2.45, 2.75) is 55.3 Å². The van der Waals surface area contributed by atoms with Crippen LogP contribution in [0.5, 0.6) is 0 Å². The van der Waals surface area contributed by atoms with Gasteiger partial charge < -0.3 is 9.30 Å². The summed E-state index contributed by atoms with van der Waals surface area (Å²) in [4.78, 5) is 5.03. The van der Waals surface area contributed by atoms with Crippen LogP contribution in [-0.2, 0) is 21.3 Å². The van der Waals surface area contributed by atoms with Gasteiger partial charge in [-0.15, -0.1) is 0 Å². The molecule has 1 aromatic heterocycles. The monoisotopic (exact) mass is 397 g/mol. The van der Waals surface area contributed by atoms with E-state index in [2.05, 4.69) is 11.5 Å². The van der Waals surface area contributed by atoms with Crippen molar-refractivity contribution in [2.24, 2.45) is 0 Å². The molecule has 144 valence electrons. The lowest BCUT2D eigenvalue weighted by Crippen LogP contribution is -2.22. The minimum atomic E-state index is -3.46. The van der Waals surface area contributed by atoms with Crippen molar-refractivity contribution in [3.8, 4) is 0 Å². The molecule has 6 nitrogen and oxygen atoms in total. The fraction of sp³-hybridized carbons (Fsp3) is 0.611. The molecule has 0 bridgehead atoms. The van der Waals surface area contributed by atoms with Gasteiger partial charge in [-0.05, 0) is 37.5 Å². The average molecular weight is 398 g/mol. The fourth-order valence-electron chi connectivity index (χ4n) is 3.04. The van der Waals surface area contributed by atoms with Crippen molar-refractivity contribution >= 4 is 32.8 Å². The minimum absolute atomic E-state index is 0.283. The van der Waals surface area contributed by atoms with E-state index in [1.807, 2.05) is 6.07 Å². The summed E-state index contributed by atoms with van der Waals surface area (Å²) in [6, 6.07) is 5.24. The summed E-state index contributed by atoms with van der Waals surface area (Å²) in [5, 5.41) is 0.948. The summed E-state index contributed by atoms with van der Waals surface area (Å²) in [6.07, 6.45) is 4.69. The number of rotatable bonds is 8. The van der Waals surface area contributed by atoms with Crippen LogP contribution >= 0.6 is 11.8 Å². The minimum Gasteiger partial charge on any atom is -0.377 e. The van der Waals surface area contributed by atoms with Crippen LogP contribution in [0.3, 0.4) is 0 Å². The van der Waals surface area contributed by atoms with Crippen LogP contribution in [0.2, 0.25) is 0 Å². The van der Waals surface area contributed by atoms with Gasteiger partial charge in [0.05, 0.1) is 22.0 Å². The first-order chi connectivity index (χ1) is 12.4. The van der Waals surface area contributed by atoms with Crippen LogP contribution in [0.4, 0.5) is 0 Å². The molecule has 1 aromatic carbocycles. The Kier molecular flexibility index (Phi) is 6.27. The van der Waals surface area contributed by atoms with E-state index in [9.17, 15) is 8.42 Å². The number of thioether (sulfide) groups is 1. The number of nitrogens with zero attached hydrogens (tertiary/aromatic N) is 3. The lowest BCUT2D eigenvalue weighted by Gasteiger charge is -2.12. The number of fused-ring (bicyclic) bond motifs is 1. The van der Waals surface area contributed by atoms with E-state index >= 15 is 0 Å². The molecule has 0 spiro atoms. The molecule has 0 aliphatic carbocycles. The van der Waals surface area contributed by atoms with Crippen molar-refractivity contribution in [1.82, 2.24) is 13.9 Å². The Bertz CT molecular complexity index is 856. The third-order valence-electron chi connectivity index (χ3n) is 4.62. The highest BCUT2D eigenvalue weighted by molar-refractivity contribution is 7.99. The summed E-state index contributed by atoms with van der Waals surface area (Å²) >= 11 is 1.71. The maximum atomic E-state index is 12.4. The molecular formula is C18H27N3O3S2. The van der Waals surface area contributed by atoms with Gasteiger partial charge in [-0.25, -0.2) is 17.7 Å². The van der Waals surface area contributed by atoms with Crippen LogP contribution in [-0.4, -0.2) is 54.8 Å². The van der Waals surface area contributed by atoms with Crippen LogP contribution in [0.1, 0.15) is 32.6 Å². The van der Waals surface area contributed by atoms with E-state index in [1.54, 1.807) is 38.0 Å². The molecule has 3 rings (SSSR count). The summed E-state index contributed by atoms with van der Waals surface area (Å²) in [7, 11) is -0.369. The van der Waals surface area contributed by atoms with Crippen LogP contribution < -0.4 is 0 Å². The van der Waals surface area contributed by atoms with Gasteiger partial charge in [0.25, 0.3) is 0 Å². The van der Waals surface area contributed by atoms with E-state index in [1.165, 1.54) is 4.31 Å². The third kappa shape index (κ3) is 4.08. The lowest BCUT2D eigenvalue weighted by atomic mass is 10.3. The molecule has 0 radical (unpaired) electrons. The summed E-state index contributed by atoms with van der Waals surface area (Å²) in [5.41, 5.74) is 1.73. The highest BCUT2D eigenvalue weighted by atomic mass is 32.2. The number of aryl methyl sites for hydroxylation is 1. The number of hydrogen-bond donors (Lipinski definition) is 0. The zero-order valence-corrected chi connectivity index (χ0v) is 17.3. The summed E-state index contributed by atoms with van der Waals surface area (Å²) < 4.78 is 34.0. The molecule has 1 aliphatic heterocycles. The first kappa shape index (κ1) is 19.7. The smallest absolute Gasteiger partial charge is 0.242 e. The lowest BCUT2D eigenvalue weighted by molar-refractivity contribution is 0.129. The molecule has 0 amide bonds. The summed E-state index contributed by atoms with van der Waals surface area (Å²) in [6.45, 7) is 3.91. The molecule has 0 N–H and O–H groups in total. The van der Waals surface area contributed by atoms with E-state index in [0.29, 0.717) is 6.10 Å². The highest BCUT2D eigenvalue weighted by Gasteiger charge is 2.21. The Morgan fingerprint density at radius 3 is 2.85 bits per heavy atom. The van der Waals surface area contributed by atoms with E-state index in [4.69, 9.17) is 9.72 Å². The SMILES string of the molecule is CCCCn1c(SCC2CCCO2)nc2cc(S(=O)(=O)N(C)C)ccc21. The van der Waals surface area contributed by atoms with Crippen LogP contribution in [0.25, 0.3) is 11.0 Å². The number of aromatic nitrogens is 2. The van der Waals surface area contributed by atoms with E-state index in [-0.39, 0.29) is 4.90 Å². The molecule has 1 atom stereocenters. The maximum Gasteiger partial charge on any atom is 0.242 e. The predicted octanol–water partition coefficient (Wildman–Crippen LogP) is 3.36. The van der Waals surface area contributed by atoms with Gasteiger partial charge >= 0.3 is 0 Å². The van der Waals surface area contributed by atoms with Gasteiger partial charge in [0.2, 0.25) is 10.0 Å².